The van der Waals surface area contributed by atoms with Crippen LogP contribution in [0, 0.1) is 0 Å². The summed E-state index contributed by atoms with van der Waals surface area (Å²) in [7, 11) is 1.24. The fourth-order valence-electron chi connectivity index (χ4n) is 2.41. The first-order valence-electron chi connectivity index (χ1n) is 7.92. The molecule has 3 aromatic rings. The number of anilines is 1. The molecule has 28 heavy (non-hydrogen) atoms. The molecule has 0 unspecified atom stereocenters. The van der Waals surface area contributed by atoms with Gasteiger partial charge in [0.25, 0.3) is 5.91 Å². The first-order valence-corrected chi connectivity index (χ1v) is 8.30. The van der Waals surface area contributed by atoms with E-state index in [1.54, 1.807) is 24.4 Å². The van der Waals surface area contributed by atoms with Crippen molar-refractivity contribution >= 4 is 23.2 Å². The van der Waals surface area contributed by atoms with Crippen LogP contribution in [0.25, 0.3) is 11.3 Å². The number of pyridine rings is 2. The van der Waals surface area contributed by atoms with Crippen molar-refractivity contribution in [1.29, 1.82) is 0 Å². The van der Waals surface area contributed by atoms with E-state index in [1.807, 2.05) is 0 Å². The van der Waals surface area contributed by atoms with E-state index >= 15 is 0 Å². The first-order chi connectivity index (χ1) is 13.3. The number of benzene rings is 1. The monoisotopic (exact) mass is 407 g/mol. The first kappa shape index (κ1) is 19.6. The molecule has 1 amide bonds. The molecule has 0 spiro atoms. The molecule has 1 N–H and O–H groups in total. The molecule has 0 radical (unpaired) electrons. The van der Waals surface area contributed by atoms with E-state index < -0.39 is 17.6 Å². The van der Waals surface area contributed by atoms with Gasteiger partial charge in [-0.25, -0.2) is 0 Å². The summed E-state index contributed by atoms with van der Waals surface area (Å²) in [5.41, 5.74) is 0.131. The number of hydrogen-bond donors (Lipinski definition) is 1. The van der Waals surface area contributed by atoms with Crippen molar-refractivity contribution in [2.24, 2.45) is 0 Å². The third kappa shape index (κ3) is 4.40. The number of nitrogens with zero attached hydrogens (tertiary/aromatic N) is 2. The number of amides is 1. The van der Waals surface area contributed by atoms with Gasteiger partial charge in [0.15, 0.2) is 0 Å². The van der Waals surface area contributed by atoms with Gasteiger partial charge in [0.2, 0.25) is 0 Å². The van der Waals surface area contributed by atoms with Crippen LogP contribution in [0.15, 0.2) is 54.9 Å². The molecule has 1 aromatic carbocycles. The average molecular weight is 408 g/mol. The number of aromatic nitrogens is 2. The number of alkyl halides is 3. The molecule has 0 fully saturated rings. The molecule has 0 saturated carbocycles. The topological polar surface area (TPSA) is 64.1 Å². The highest BCUT2D eigenvalue weighted by Gasteiger charge is 2.31. The highest BCUT2D eigenvalue weighted by Crippen LogP contribution is 2.34. The van der Waals surface area contributed by atoms with Gasteiger partial charge in [0.05, 0.1) is 23.4 Å². The Kier molecular flexibility index (Phi) is 5.51. The second kappa shape index (κ2) is 7.85. The molecule has 9 heteroatoms. The van der Waals surface area contributed by atoms with Crippen LogP contribution in [-0.2, 0) is 6.18 Å². The number of methoxy groups -OCH3 is 1. The van der Waals surface area contributed by atoms with E-state index in [4.69, 9.17) is 16.3 Å². The lowest BCUT2D eigenvalue weighted by Crippen LogP contribution is -2.15. The summed E-state index contributed by atoms with van der Waals surface area (Å²) in [6.07, 6.45) is -1.59. The zero-order valence-corrected chi connectivity index (χ0v) is 15.2. The Balaban J connectivity index is 1.83. The fourth-order valence-corrected chi connectivity index (χ4v) is 2.64. The summed E-state index contributed by atoms with van der Waals surface area (Å²) < 4.78 is 43.8. The van der Waals surface area contributed by atoms with E-state index in [9.17, 15) is 18.0 Å². The number of halogens is 4. The van der Waals surface area contributed by atoms with Gasteiger partial charge in [-0.3, -0.25) is 14.8 Å². The molecule has 0 bridgehead atoms. The van der Waals surface area contributed by atoms with Gasteiger partial charge in [-0.05, 0) is 36.4 Å². The number of rotatable bonds is 4. The maximum absolute atomic E-state index is 13.0. The lowest BCUT2D eigenvalue weighted by molar-refractivity contribution is -0.137. The minimum Gasteiger partial charge on any atom is -0.497 e. The predicted molar refractivity (Wildman–Crippen MR) is 98.4 cm³/mol. The summed E-state index contributed by atoms with van der Waals surface area (Å²) in [6, 6.07) is 9.34. The van der Waals surface area contributed by atoms with E-state index in [-0.39, 0.29) is 17.1 Å². The maximum atomic E-state index is 13.0. The fraction of sp³-hybridized carbons (Fsp3) is 0.105. The van der Waals surface area contributed by atoms with Crippen LogP contribution in [0.2, 0.25) is 5.02 Å². The number of carbonyl (C=O) groups is 1. The third-order valence-electron chi connectivity index (χ3n) is 3.76. The SMILES string of the molecule is COc1cc(NC(=O)c2ccc(-c3ncccc3Cl)cn2)cc(C(F)(F)F)c1. The predicted octanol–water partition coefficient (Wildman–Crippen LogP) is 5.08. The van der Waals surface area contributed by atoms with Crippen LogP contribution in [0.1, 0.15) is 16.1 Å². The van der Waals surface area contributed by atoms with Crippen molar-refractivity contribution < 1.29 is 22.7 Å². The van der Waals surface area contributed by atoms with Crippen molar-refractivity contribution in [1.82, 2.24) is 9.97 Å². The largest absolute Gasteiger partial charge is 0.497 e. The van der Waals surface area contributed by atoms with Crippen LogP contribution in [0.3, 0.4) is 0 Å². The maximum Gasteiger partial charge on any atom is 0.416 e. The Morgan fingerprint density at radius 3 is 2.54 bits per heavy atom. The zero-order valence-electron chi connectivity index (χ0n) is 14.4. The Bertz CT molecular complexity index is 1010. The van der Waals surface area contributed by atoms with Gasteiger partial charge in [0, 0.05) is 29.7 Å². The molecule has 0 aliphatic heterocycles. The lowest BCUT2D eigenvalue weighted by atomic mass is 10.1. The van der Waals surface area contributed by atoms with Crippen LogP contribution in [0.5, 0.6) is 5.75 Å². The summed E-state index contributed by atoms with van der Waals surface area (Å²) in [5.74, 6) is -0.696. The highest BCUT2D eigenvalue weighted by atomic mass is 35.5. The zero-order chi connectivity index (χ0) is 20.3. The van der Waals surface area contributed by atoms with Gasteiger partial charge < -0.3 is 10.1 Å². The quantitative estimate of drug-likeness (QED) is 0.655. The molecule has 0 aliphatic carbocycles. The standard InChI is InChI=1S/C19H13ClF3N3O2/c1-28-14-8-12(19(21,22)23)7-13(9-14)26-18(27)16-5-4-11(10-25-16)17-15(20)3-2-6-24-17/h2-10H,1H3,(H,26,27). The van der Waals surface area contributed by atoms with Crippen LogP contribution >= 0.6 is 11.6 Å². The number of carbonyl (C=O) groups excluding carboxylic acids is 1. The molecular formula is C19H13ClF3N3O2. The van der Waals surface area contributed by atoms with E-state index in [1.165, 1.54) is 25.4 Å². The number of ether oxygens (including phenoxy) is 1. The molecule has 2 aromatic heterocycles. The van der Waals surface area contributed by atoms with E-state index in [0.717, 1.165) is 12.1 Å². The Labute approximate surface area is 163 Å². The molecule has 3 rings (SSSR count). The molecule has 0 atom stereocenters. The normalized spacial score (nSPS) is 11.2. The Morgan fingerprint density at radius 2 is 1.93 bits per heavy atom. The number of nitrogens with one attached hydrogen (secondary N) is 1. The van der Waals surface area contributed by atoms with Crippen molar-refractivity contribution in [3.63, 3.8) is 0 Å². The highest BCUT2D eigenvalue weighted by molar-refractivity contribution is 6.33. The third-order valence-corrected chi connectivity index (χ3v) is 4.06. The van der Waals surface area contributed by atoms with Crippen LogP contribution in [-0.4, -0.2) is 23.0 Å². The second-order valence-electron chi connectivity index (χ2n) is 5.67. The van der Waals surface area contributed by atoms with Crippen LogP contribution < -0.4 is 10.1 Å². The second-order valence-corrected chi connectivity index (χ2v) is 6.08. The Morgan fingerprint density at radius 1 is 1.14 bits per heavy atom. The average Bonchev–Trinajstić information content (AvgIpc) is 2.67. The summed E-state index contributed by atoms with van der Waals surface area (Å²) in [4.78, 5) is 20.5. The van der Waals surface area contributed by atoms with Gasteiger partial charge in [-0.15, -0.1) is 0 Å². The molecule has 5 nitrogen and oxygen atoms in total. The van der Waals surface area contributed by atoms with Crippen molar-refractivity contribution in [3.05, 3.63) is 71.1 Å². The summed E-state index contributed by atoms with van der Waals surface area (Å²) in [6.45, 7) is 0. The van der Waals surface area contributed by atoms with E-state index in [0.29, 0.717) is 16.3 Å². The van der Waals surface area contributed by atoms with Crippen LogP contribution in [0.4, 0.5) is 18.9 Å². The van der Waals surface area contributed by atoms with E-state index in [2.05, 4.69) is 15.3 Å². The van der Waals surface area contributed by atoms with Gasteiger partial charge in [-0.2, -0.15) is 13.2 Å². The Hall–Kier alpha value is -3.13. The molecule has 0 saturated heterocycles. The number of hydrogen-bond acceptors (Lipinski definition) is 4. The molecule has 0 aliphatic rings. The molecule has 144 valence electrons. The smallest absolute Gasteiger partial charge is 0.416 e. The minimum absolute atomic E-state index is 0.0205. The van der Waals surface area contributed by atoms with Crippen molar-refractivity contribution in [3.8, 4) is 17.0 Å². The summed E-state index contributed by atoms with van der Waals surface area (Å²) >= 11 is 6.08. The van der Waals surface area contributed by atoms with Crippen molar-refractivity contribution in [2.45, 2.75) is 6.18 Å². The van der Waals surface area contributed by atoms with Crippen molar-refractivity contribution in [2.75, 3.05) is 12.4 Å². The van der Waals surface area contributed by atoms with Gasteiger partial charge in [-0.1, -0.05) is 11.6 Å². The molecule has 2 heterocycles. The van der Waals surface area contributed by atoms with Gasteiger partial charge >= 0.3 is 6.18 Å². The minimum atomic E-state index is -4.57. The van der Waals surface area contributed by atoms with Gasteiger partial charge in [0.1, 0.15) is 11.4 Å². The summed E-state index contributed by atoms with van der Waals surface area (Å²) in [5, 5.41) is 2.82. The molecular weight excluding hydrogens is 395 g/mol. The lowest BCUT2D eigenvalue weighted by Gasteiger charge is -2.12.